The van der Waals surface area contributed by atoms with Crippen molar-refractivity contribution in [3.63, 3.8) is 0 Å². The second-order valence-corrected chi connectivity index (χ2v) is 5.75. The fourth-order valence-electron chi connectivity index (χ4n) is 1.79. The SMILES string of the molecule is CCCCSc1nnc(C2CC2)n1CCC(N)=O. The maximum Gasteiger partial charge on any atom is 0.219 e. The number of amides is 1. The molecule has 1 aliphatic carbocycles. The highest BCUT2D eigenvalue weighted by Crippen LogP contribution is 2.40. The molecule has 1 amide bonds. The molecule has 0 saturated heterocycles. The number of nitrogens with zero attached hydrogens (tertiary/aromatic N) is 3. The van der Waals surface area contributed by atoms with Crippen LogP contribution in [0.4, 0.5) is 0 Å². The van der Waals surface area contributed by atoms with Crippen molar-refractivity contribution in [2.45, 2.75) is 56.6 Å². The summed E-state index contributed by atoms with van der Waals surface area (Å²) in [6, 6.07) is 0. The van der Waals surface area contributed by atoms with Gasteiger partial charge < -0.3 is 10.3 Å². The highest BCUT2D eigenvalue weighted by Gasteiger charge is 2.30. The van der Waals surface area contributed by atoms with Crippen LogP contribution in [0.1, 0.15) is 50.8 Å². The third-order valence-electron chi connectivity index (χ3n) is 3.00. The van der Waals surface area contributed by atoms with Crippen molar-refractivity contribution in [3.8, 4) is 0 Å². The zero-order valence-corrected chi connectivity index (χ0v) is 11.6. The number of aromatic nitrogens is 3. The largest absolute Gasteiger partial charge is 0.370 e. The van der Waals surface area contributed by atoms with E-state index in [1.54, 1.807) is 11.8 Å². The van der Waals surface area contributed by atoms with Crippen LogP contribution in [0.25, 0.3) is 0 Å². The zero-order chi connectivity index (χ0) is 13.0. The Morgan fingerprint density at radius 1 is 1.50 bits per heavy atom. The molecule has 1 heterocycles. The third-order valence-corrected chi connectivity index (χ3v) is 4.05. The van der Waals surface area contributed by atoms with Crippen molar-refractivity contribution in [1.82, 2.24) is 14.8 Å². The number of carbonyl (C=O) groups excluding carboxylic acids is 1. The average molecular weight is 268 g/mol. The number of rotatable bonds is 8. The molecule has 5 nitrogen and oxygen atoms in total. The molecule has 0 aromatic carbocycles. The molecule has 18 heavy (non-hydrogen) atoms. The molecule has 1 aliphatic rings. The van der Waals surface area contributed by atoms with Crippen LogP contribution in [0.2, 0.25) is 0 Å². The van der Waals surface area contributed by atoms with E-state index in [1.165, 1.54) is 25.7 Å². The molecule has 0 atom stereocenters. The summed E-state index contributed by atoms with van der Waals surface area (Å²) >= 11 is 1.73. The van der Waals surface area contributed by atoms with Gasteiger partial charge in [-0.2, -0.15) is 0 Å². The number of nitrogens with two attached hydrogens (primary N) is 1. The van der Waals surface area contributed by atoms with E-state index in [9.17, 15) is 4.79 Å². The summed E-state index contributed by atoms with van der Waals surface area (Å²) in [5, 5.41) is 9.46. The molecule has 2 rings (SSSR count). The van der Waals surface area contributed by atoms with E-state index in [4.69, 9.17) is 5.73 Å². The van der Waals surface area contributed by atoms with Crippen molar-refractivity contribution in [2.75, 3.05) is 5.75 Å². The van der Waals surface area contributed by atoms with Gasteiger partial charge in [0.2, 0.25) is 5.91 Å². The number of carbonyl (C=O) groups is 1. The highest BCUT2D eigenvalue weighted by atomic mass is 32.2. The van der Waals surface area contributed by atoms with Gasteiger partial charge in [0.25, 0.3) is 0 Å². The predicted molar refractivity (Wildman–Crippen MR) is 71.4 cm³/mol. The third kappa shape index (κ3) is 3.48. The first-order valence-electron chi connectivity index (χ1n) is 6.56. The van der Waals surface area contributed by atoms with Gasteiger partial charge in [-0.3, -0.25) is 4.79 Å². The summed E-state index contributed by atoms with van der Waals surface area (Å²) in [4.78, 5) is 10.9. The minimum atomic E-state index is -0.269. The van der Waals surface area contributed by atoms with Gasteiger partial charge in [0.15, 0.2) is 5.16 Å². The van der Waals surface area contributed by atoms with Crippen LogP contribution in [-0.2, 0) is 11.3 Å². The summed E-state index contributed by atoms with van der Waals surface area (Å²) < 4.78 is 2.09. The first kappa shape index (κ1) is 13.4. The lowest BCUT2D eigenvalue weighted by atomic mass is 10.3. The normalized spacial score (nSPS) is 14.9. The van der Waals surface area contributed by atoms with E-state index < -0.39 is 0 Å². The van der Waals surface area contributed by atoms with E-state index in [-0.39, 0.29) is 5.91 Å². The fourth-order valence-corrected chi connectivity index (χ4v) is 2.85. The number of unbranched alkanes of at least 4 members (excludes halogenated alkanes) is 1. The Balaban J connectivity index is 2.04. The Morgan fingerprint density at radius 3 is 2.89 bits per heavy atom. The van der Waals surface area contributed by atoms with Crippen molar-refractivity contribution < 1.29 is 4.79 Å². The Hall–Kier alpha value is -1.04. The van der Waals surface area contributed by atoms with Gasteiger partial charge in [-0.1, -0.05) is 25.1 Å². The maximum absolute atomic E-state index is 10.9. The fraction of sp³-hybridized carbons (Fsp3) is 0.750. The second kappa shape index (κ2) is 6.22. The Morgan fingerprint density at radius 2 is 2.28 bits per heavy atom. The standard InChI is InChI=1S/C12H20N4OS/c1-2-3-8-18-12-15-14-11(9-4-5-9)16(12)7-6-10(13)17/h9H,2-8H2,1H3,(H2,13,17). The highest BCUT2D eigenvalue weighted by molar-refractivity contribution is 7.99. The molecule has 0 bridgehead atoms. The van der Waals surface area contributed by atoms with Gasteiger partial charge >= 0.3 is 0 Å². The van der Waals surface area contributed by atoms with Gasteiger partial charge in [-0.15, -0.1) is 10.2 Å². The average Bonchev–Trinajstić information content (AvgIpc) is 3.10. The Bertz CT molecular complexity index is 414. The van der Waals surface area contributed by atoms with Gasteiger partial charge in [0.05, 0.1) is 0 Å². The lowest BCUT2D eigenvalue weighted by Crippen LogP contribution is -2.15. The van der Waals surface area contributed by atoms with E-state index >= 15 is 0 Å². The van der Waals surface area contributed by atoms with Crippen LogP contribution in [0.5, 0.6) is 0 Å². The smallest absolute Gasteiger partial charge is 0.219 e. The summed E-state index contributed by atoms with van der Waals surface area (Å²) in [6.45, 7) is 2.79. The number of primary amides is 1. The lowest BCUT2D eigenvalue weighted by molar-refractivity contribution is -0.118. The molecule has 1 aromatic rings. The summed E-state index contributed by atoms with van der Waals surface area (Å²) in [5.74, 6) is 2.37. The monoisotopic (exact) mass is 268 g/mol. The van der Waals surface area contributed by atoms with Crippen molar-refractivity contribution in [3.05, 3.63) is 5.82 Å². The number of hydrogen-bond donors (Lipinski definition) is 1. The summed E-state index contributed by atoms with van der Waals surface area (Å²) in [5.41, 5.74) is 5.22. The first-order chi connectivity index (χ1) is 8.72. The molecule has 0 aliphatic heterocycles. The number of thioether (sulfide) groups is 1. The molecule has 0 unspecified atom stereocenters. The van der Waals surface area contributed by atoms with Crippen LogP contribution in [-0.4, -0.2) is 26.4 Å². The molecule has 1 saturated carbocycles. The van der Waals surface area contributed by atoms with Crippen LogP contribution in [0.3, 0.4) is 0 Å². The minimum Gasteiger partial charge on any atom is -0.370 e. The van der Waals surface area contributed by atoms with E-state index in [0.717, 1.165) is 16.7 Å². The molecule has 2 N–H and O–H groups in total. The van der Waals surface area contributed by atoms with Crippen LogP contribution >= 0.6 is 11.8 Å². The summed E-state index contributed by atoms with van der Waals surface area (Å²) in [7, 11) is 0. The van der Waals surface area contributed by atoms with Crippen LogP contribution in [0.15, 0.2) is 5.16 Å². The number of hydrogen-bond acceptors (Lipinski definition) is 4. The molecule has 100 valence electrons. The molecule has 0 radical (unpaired) electrons. The maximum atomic E-state index is 10.9. The van der Waals surface area contributed by atoms with E-state index in [1.807, 2.05) is 0 Å². The Kier molecular flexibility index (Phi) is 4.63. The van der Waals surface area contributed by atoms with Crippen LogP contribution in [0, 0.1) is 0 Å². The van der Waals surface area contributed by atoms with Crippen molar-refractivity contribution in [1.29, 1.82) is 0 Å². The molecular weight excluding hydrogens is 248 g/mol. The minimum absolute atomic E-state index is 0.269. The van der Waals surface area contributed by atoms with Crippen molar-refractivity contribution >= 4 is 17.7 Å². The van der Waals surface area contributed by atoms with Crippen LogP contribution < -0.4 is 5.73 Å². The predicted octanol–water partition coefficient (Wildman–Crippen LogP) is 1.92. The van der Waals surface area contributed by atoms with Gasteiger partial charge in [0, 0.05) is 24.6 Å². The molecule has 6 heteroatoms. The van der Waals surface area contributed by atoms with Crippen molar-refractivity contribution in [2.24, 2.45) is 5.73 Å². The Labute approximate surface area is 112 Å². The second-order valence-electron chi connectivity index (χ2n) is 4.69. The summed E-state index contributed by atoms with van der Waals surface area (Å²) in [6.07, 6.45) is 5.09. The van der Waals surface area contributed by atoms with E-state index in [0.29, 0.717) is 18.9 Å². The first-order valence-corrected chi connectivity index (χ1v) is 7.55. The molecule has 0 spiro atoms. The lowest BCUT2D eigenvalue weighted by Gasteiger charge is -2.08. The molecular formula is C12H20N4OS. The molecule has 1 aromatic heterocycles. The van der Waals surface area contributed by atoms with Gasteiger partial charge in [-0.05, 0) is 19.3 Å². The van der Waals surface area contributed by atoms with Gasteiger partial charge in [-0.25, -0.2) is 0 Å². The zero-order valence-electron chi connectivity index (χ0n) is 10.8. The molecule has 1 fully saturated rings. The van der Waals surface area contributed by atoms with Gasteiger partial charge in [0.1, 0.15) is 5.82 Å². The van der Waals surface area contributed by atoms with E-state index in [2.05, 4.69) is 21.7 Å². The quantitative estimate of drug-likeness (QED) is 0.577. The topological polar surface area (TPSA) is 73.8 Å².